The zero-order chi connectivity index (χ0) is 28.7. The van der Waals surface area contributed by atoms with E-state index >= 15 is 0 Å². The van der Waals surface area contributed by atoms with Crippen LogP contribution in [0.3, 0.4) is 0 Å². The molecule has 0 aliphatic heterocycles. The van der Waals surface area contributed by atoms with Gasteiger partial charge in [0.25, 0.3) is 5.91 Å². The molecule has 0 bridgehead atoms. The SMILES string of the molecule is O=C(COc1ccc(Cl)cc1/C=N\NC(=O)C(=O)Nc1cccc(Cl)c1Cl)Nc1ccc(Br)cc1C(F)(F)F. The average Bonchev–Trinajstić information content (AvgIpc) is 2.86. The first kappa shape index (κ1) is 30.2. The molecule has 0 aliphatic rings. The van der Waals surface area contributed by atoms with Gasteiger partial charge in [-0.05, 0) is 48.5 Å². The van der Waals surface area contributed by atoms with Gasteiger partial charge in [0.05, 0.1) is 33.2 Å². The Morgan fingerprint density at radius 1 is 0.949 bits per heavy atom. The molecule has 39 heavy (non-hydrogen) atoms. The molecule has 3 aromatic carbocycles. The van der Waals surface area contributed by atoms with Crippen LogP contribution < -0.4 is 20.8 Å². The molecule has 0 aliphatic carbocycles. The highest BCUT2D eigenvalue weighted by Crippen LogP contribution is 2.36. The fraction of sp³-hybridized carbons (Fsp3) is 0.0833. The molecular weight excluding hydrogens is 652 g/mol. The third-order valence-electron chi connectivity index (χ3n) is 4.67. The van der Waals surface area contributed by atoms with Gasteiger partial charge in [0.15, 0.2) is 6.61 Å². The summed E-state index contributed by atoms with van der Waals surface area (Å²) in [7, 11) is 0. The van der Waals surface area contributed by atoms with Crippen molar-refractivity contribution in [3.63, 3.8) is 0 Å². The van der Waals surface area contributed by atoms with E-state index < -0.39 is 41.8 Å². The van der Waals surface area contributed by atoms with Crippen LogP contribution in [0.15, 0.2) is 64.2 Å². The summed E-state index contributed by atoms with van der Waals surface area (Å²) in [6, 6.07) is 11.9. The Bertz CT molecular complexity index is 1450. The lowest BCUT2D eigenvalue weighted by molar-refractivity contribution is -0.137. The van der Waals surface area contributed by atoms with Crippen molar-refractivity contribution < 1.29 is 32.3 Å². The fourth-order valence-electron chi connectivity index (χ4n) is 2.93. The van der Waals surface area contributed by atoms with Crippen LogP contribution in [0.1, 0.15) is 11.1 Å². The molecule has 0 spiro atoms. The number of rotatable bonds is 7. The van der Waals surface area contributed by atoms with Gasteiger partial charge in [-0.1, -0.05) is 56.8 Å². The number of carbonyl (C=O) groups excluding carboxylic acids is 3. The number of amides is 3. The molecule has 0 aromatic heterocycles. The van der Waals surface area contributed by atoms with E-state index in [-0.39, 0.29) is 36.5 Å². The molecule has 0 fully saturated rings. The van der Waals surface area contributed by atoms with E-state index in [2.05, 4.69) is 31.7 Å². The molecular formula is C24H15BrCl3F3N4O4. The van der Waals surface area contributed by atoms with Crippen molar-refractivity contribution in [3.05, 3.63) is 85.3 Å². The van der Waals surface area contributed by atoms with Crippen LogP contribution in [0.2, 0.25) is 15.1 Å². The second-order valence-electron chi connectivity index (χ2n) is 7.46. The number of nitrogens with zero attached hydrogens (tertiary/aromatic N) is 1. The summed E-state index contributed by atoms with van der Waals surface area (Å²) in [5.41, 5.74) is 0.824. The molecule has 0 saturated heterocycles. The van der Waals surface area contributed by atoms with Crippen LogP contribution in [0.25, 0.3) is 0 Å². The Morgan fingerprint density at radius 2 is 1.69 bits per heavy atom. The van der Waals surface area contributed by atoms with Crippen molar-refractivity contribution in [2.24, 2.45) is 5.10 Å². The minimum absolute atomic E-state index is 0.0448. The molecule has 0 saturated carbocycles. The second-order valence-corrected chi connectivity index (χ2v) is 9.60. The maximum absolute atomic E-state index is 13.3. The summed E-state index contributed by atoms with van der Waals surface area (Å²) in [4.78, 5) is 36.5. The number of nitrogens with one attached hydrogen (secondary N) is 3. The Hall–Kier alpha value is -3.32. The fourth-order valence-corrected chi connectivity index (χ4v) is 3.82. The lowest BCUT2D eigenvalue weighted by Gasteiger charge is -2.15. The minimum atomic E-state index is -4.70. The standard InChI is InChI=1S/C24H15BrCl3F3N4O4/c25-13-4-6-17(15(9-13)24(29,30)31)33-20(36)11-39-19-7-5-14(26)8-12(19)10-32-35-23(38)22(37)34-18-3-1-2-16(27)21(18)28/h1-10H,11H2,(H,33,36)(H,34,37)(H,35,38)/b32-10-. The molecule has 0 unspecified atom stereocenters. The van der Waals surface area contributed by atoms with Crippen molar-refractivity contribution in [2.45, 2.75) is 6.18 Å². The maximum atomic E-state index is 13.3. The highest BCUT2D eigenvalue weighted by molar-refractivity contribution is 9.10. The molecule has 3 aromatic rings. The van der Waals surface area contributed by atoms with Crippen molar-refractivity contribution in [1.29, 1.82) is 0 Å². The Morgan fingerprint density at radius 3 is 2.41 bits per heavy atom. The van der Waals surface area contributed by atoms with Gasteiger partial charge in [0, 0.05) is 15.1 Å². The molecule has 204 valence electrons. The summed E-state index contributed by atoms with van der Waals surface area (Å²) in [6.45, 7) is -0.662. The number of ether oxygens (including phenoxy) is 1. The van der Waals surface area contributed by atoms with Crippen LogP contribution >= 0.6 is 50.7 Å². The van der Waals surface area contributed by atoms with E-state index in [4.69, 9.17) is 39.5 Å². The zero-order valence-electron chi connectivity index (χ0n) is 19.2. The lowest BCUT2D eigenvalue weighted by atomic mass is 10.1. The molecule has 3 rings (SSSR count). The second kappa shape index (κ2) is 13.2. The van der Waals surface area contributed by atoms with Crippen molar-refractivity contribution in [1.82, 2.24) is 5.43 Å². The summed E-state index contributed by atoms with van der Waals surface area (Å²) in [6.07, 6.45) is -3.61. The van der Waals surface area contributed by atoms with Crippen LogP contribution in [0.4, 0.5) is 24.5 Å². The number of hydrazone groups is 1. The Balaban J connectivity index is 1.63. The molecule has 3 amide bonds. The van der Waals surface area contributed by atoms with Crippen LogP contribution in [0.5, 0.6) is 5.75 Å². The molecule has 0 atom stereocenters. The lowest BCUT2D eigenvalue weighted by Crippen LogP contribution is -2.32. The van der Waals surface area contributed by atoms with E-state index in [0.717, 1.165) is 18.3 Å². The van der Waals surface area contributed by atoms with E-state index in [1.54, 1.807) is 0 Å². The van der Waals surface area contributed by atoms with Gasteiger partial charge >= 0.3 is 18.0 Å². The van der Waals surface area contributed by atoms with Crippen molar-refractivity contribution in [2.75, 3.05) is 17.2 Å². The molecule has 3 N–H and O–H groups in total. The molecule has 8 nitrogen and oxygen atoms in total. The van der Waals surface area contributed by atoms with E-state index in [1.165, 1.54) is 42.5 Å². The quantitative estimate of drug-likeness (QED) is 0.151. The summed E-state index contributed by atoms with van der Waals surface area (Å²) in [5.74, 6) is -3.03. The summed E-state index contributed by atoms with van der Waals surface area (Å²) in [5, 5.41) is 8.59. The van der Waals surface area contributed by atoms with Crippen molar-refractivity contribution in [3.8, 4) is 5.75 Å². The van der Waals surface area contributed by atoms with E-state index in [0.29, 0.717) is 0 Å². The third kappa shape index (κ3) is 8.59. The first-order chi connectivity index (χ1) is 18.3. The minimum Gasteiger partial charge on any atom is -0.483 e. The largest absolute Gasteiger partial charge is 0.483 e. The summed E-state index contributed by atoms with van der Waals surface area (Å²) >= 11 is 20.8. The predicted octanol–water partition coefficient (Wildman–Crippen LogP) is 6.53. The number of carbonyl (C=O) groups is 3. The van der Waals surface area contributed by atoms with Gasteiger partial charge in [-0.3, -0.25) is 14.4 Å². The van der Waals surface area contributed by atoms with E-state index in [9.17, 15) is 27.6 Å². The zero-order valence-corrected chi connectivity index (χ0v) is 23.1. The Kier molecular flexibility index (Phi) is 10.2. The van der Waals surface area contributed by atoms with Gasteiger partial charge in [0.1, 0.15) is 5.75 Å². The number of anilines is 2. The third-order valence-corrected chi connectivity index (χ3v) is 6.21. The Labute approximate surface area is 242 Å². The normalized spacial score (nSPS) is 11.3. The molecule has 15 heteroatoms. The summed E-state index contributed by atoms with van der Waals surface area (Å²) < 4.78 is 45.5. The van der Waals surface area contributed by atoms with Gasteiger partial charge in [-0.2, -0.15) is 18.3 Å². The van der Waals surface area contributed by atoms with E-state index in [1.807, 2.05) is 5.43 Å². The van der Waals surface area contributed by atoms with Crippen LogP contribution in [-0.2, 0) is 20.6 Å². The first-order valence-corrected chi connectivity index (χ1v) is 12.4. The number of benzene rings is 3. The van der Waals surface area contributed by atoms with Crippen LogP contribution in [0, 0.1) is 0 Å². The predicted molar refractivity (Wildman–Crippen MR) is 146 cm³/mol. The number of hydrogen-bond acceptors (Lipinski definition) is 5. The number of hydrogen-bond donors (Lipinski definition) is 3. The van der Waals surface area contributed by atoms with Gasteiger partial charge in [0.2, 0.25) is 0 Å². The number of alkyl halides is 3. The topological polar surface area (TPSA) is 109 Å². The molecule has 0 heterocycles. The average molecular weight is 667 g/mol. The molecule has 0 radical (unpaired) electrons. The maximum Gasteiger partial charge on any atom is 0.418 e. The smallest absolute Gasteiger partial charge is 0.418 e. The highest BCUT2D eigenvalue weighted by Gasteiger charge is 2.34. The van der Waals surface area contributed by atoms with Gasteiger partial charge in [-0.25, -0.2) is 5.43 Å². The highest BCUT2D eigenvalue weighted by atomic mass is 79.9. The number of halogens is 7. The monoisotopic (exact) mass is 664 g/mol. The van der Waals surface area contributed by atoms with Gasteiger partial charge < -0.3 is 15.4 Å². The first-order valence-electron chi connectivity index (χ1n) is 10.5. The van der Waals surface area contributed by atoms with Crippen molar-refractivity contribution >= 4 is 86.0 Å². The van der Waals surface area contributed by atoms with Gasteiger partial charge in [-0.15, -0.1) is 0 Å². The van der Waals surface area contributed by atoms with Crippen LogP contribution in [-0.4, -0.2) is 30.5 Å².